The summed E-state index contributed by atoms with van der Waals surface area (Å²) in [5, 5.41) is 0. The first-order valence-electron chi connectivity index (χ1n) is 8.87. The maximum Gasteiger partial charge on any atom is 0.233 e. The molecular weight excluding hydrogens is 316 g/mol. The maximum absolute atomic E-state index is 12.6. The lowest BCUT2D eigenvalue weighted by Crippen LogP contribution is -2.37. The molecule has 3 amide bonds. The molecule has 5 nitrogen and oxygen atoms in total. The molecule has 1 saturated heterocycles. The van der Waals surface area contributed by atoms with Gasteiger partial charge in [-0.25, -0.2) is 0 Å². The fourth-order valence-corrected chi connectivity index (χ4v) is 4.53. The van der Waals surface area contributed by atoms with Crippen LogP contribution in [0.25, 0.3) is 0 Å². The predicted octanol–water partition coefficient (Wildman–Crippen LogP) is 1.84. The van der Waals surface area contributed by atoms with Crippen LogP contribution in [0.1, 0.15) is 18.4 Å². The minimum absolute atomic E-state index is 0.0531. The monoisotopic (exact) mass is 338 g/mol. The Bertz CT molecular complexity index is 713. The van der Waals surface area contributed by atoms with Gasteiger partial charge in [-0.3, -0.25) is 19.3 Å². The van der Waals surface area contributed by atoms with Crippen molar-refractivity contribution in [3.63, 3.8) is 0 Å². The van der Waals surface area contributed by atoms with E-state index in [4.69, 9.17) is 0 Å². The molecule has 2 fully saturated rings. The molecule has 2 aliphatic carbocycles. The molecule has 0 N–H and O–H groups in total. The number of nitrogens with zero attached hydrogens (tertiary/aromatic N) is 2. The quantitative estimate of drug-likeness (QED) is 0.608. The van der Waals surface area contributed by atoms with Gasteiger partial charge in [-0.1, -0.05) is 42.5 Å². The average molecular weight is 338 g/mol. The first-order valence-corrected chi connectivity index (χ1v) is 8.87. The van der Waals surface area contributed by atoms with Gasteiger partial charge in [0.05, 0.1) is 11.8 Å². The predicted molar refractivity (Wildman–Crippen MR) is 92.0 cm³/mol. The van der Waals surface area contributed by atoms with Crippen LogP contribution >= 0.6 is 0 Å². The van der Waals surface area contributed by atoms with Crippen LogP contribution in [0, 0.1) is 23.7 Å². The summed E-state index contributed by atoms with van der Waals surface area (Å²) < 4.78 is 0. The molecule has 1 aromatic carbocycles. The highest BCUT2D eigenvalue weighted by Crippen LogP contribution is 2.52. The molecule has 1 heterocycles. The number of carbonyl (C=O) groups is 3. The van der Waals surface area contributed by atoms with Crippen molar-refractivity contribution in [2.45, 2.75) is 19.4 Å². The Hall–Kier alpha value is -2.43. The molecule has 0 spiro atoms. The van der Waals surface area contributed by atoms with Crippen molar-refractivity contribution in [1.29, 1.82) is 0 Å². The second-order valence-electron chi connectivity index (χ2n) is 7.31. The van der Waals surface area contributed by atoms with E-state index in [9.17, 15) is 14.4 Å². The summed E-state index contributed by atoms with van der Waals surface area (Å²) in [5.41, 5.74) is 1.06. The van der Waals surface area contributed by atoms with Crippen LogP contribution in [0.3, 0.4) is 0 Å². The number of hydrogen-bond donors (Lipinski definition) is 0. The van der Waals surface area contributed by atoms with Crippen molar-refractivity contribution in [3.8, 4) is 0 Å². The Morgan fingerprint density at radius 3 is 2.28 bits per heavy atom. The number of allylic oxidation sites excluding steroid dienone is 2. The van der Waals surface area contributed by atoms with Crippen LogP contribution in [0.4, 0.5) is 0 Å². The van der Waals surface area contributed by atoms with Gasteiger partial charge in [0.2, 0.25) is 17.7 Å². The Balaban J connectivity index is 1.35. The minimum atomic E-state index is -0.181. The van der Waals surface area contributed by atoms with Crippen molar-refractivity contribution < 1.29 is 14.4 Å². The Labute approximate surface area is 147 Å². The van der Waals surface area contributed by atoms with Gasteiger partial charge < -0.3 is 4.90 Å². The van der Waals surface area contributed by atoms with Gasteiger partial charge in [0, 0.05) is 26.6 Å². The Kier molecular flexibility index (Phi) is 3.94. The number of amides is 3. The maximum atomic E-state index is 12.6. The zero-order valence-corrected chi connectivity index (χ0v) is 14.3. The third-order valence-corrected chi connectivity index (χ3v) is 5.80. The molecule has 130 valence electrons. The molecular formula is C20H22N2O3. The molecule has 25 heavy (non-hydrogen) atoms. The van der Waals surface area contributed by atoms with Gasteiger partial charge >= 0.3 is 0 Å². The highest BCUT2D eigenvalue weighted by atomic mass is 16.2. The summed E-state index contributed by atoms with van der Waals surface area (Å²) in [6.07, 6.45) is 5.28. The van der Waals surface area contributed by atoms with Gasteiger partial charge in [-0.2, -0.15) is 0 Å². The smallest absolute Gasteiger partial charge is 0.233 e. The summed E-state index contributed by atoms with van der Waals surface area (Å²) in [6, 6.07) is 9.77. The second-order valence-corrected chi connectivity index (χ2v) is 7.31. The molecule has 5 heteroatoms. The standard InChI is InChI=1S/C20H22N2O3/c1-21(12-13-5-3-2-4-6-13)16(23)9-10-22-19(24)17-14-7-8-15(11-14)18(17)20(22)25/h2-8,14-15,17-18H,9-12H2,1H3/t14-,15-,17+,18+/m0/s1. The van der Waals surface area contributed by atoms with E-state index in [1.807, 2.05) is 30.3 Å². The fraction of sp³-hybridized carbons (Fsp3) is 0.450. The van der Waals surface area contributed by atoms with Crippen molar-refractivity contribution in [2.75, 3.05) is 13.6 Å². The normalized spacial score (nSPS) is 29.4. The summed E-state index contributed by atoms with van der Waals surface area (Å²) in [7, 11) is 1.75. The SMILES string of the molecule is CN(Cc1ccccc1)C(=O)CCN1C(=O)[C@H]2[C@H](C1=O)[C@H]1C=C[C@H]2C1. The molecule has 4 atom stereocenters. The van der Waals surface area contributed by atoms with E-state index in [1.54, 1.807) is 11.9 Å². The molecule has 1 saturated carbocycles. The number of rotatable bonds is 5. The van der Waals surface area contributed by atoms with Gasteiger partial charge in [0.25, 0.3) is 0 Å². The van der Waals surface area contributed by atoms with E-state index in [-0.39, 0.29) is 54.4 Å². The molecule has 2 bridgehead atoms. The minimum Gasteiger partial charge on any atom is -0.341 e. The van der Waals surface area contributed by atoms with Gasteiger partial charge in [0.1, 0.15) is 0 Å². The van der Waals surface area contributed by atoms with Crippen molar-refractivity contribution in [1.82, 2.24) is 9.80 Å². The highest BCUT2D eigenvalue weighted by Gasteiger charge is 2.59. The zero-order chi connectivity index (χ0) is 17.6. The molecule has 0 radical (unpaired) electrons. The van der Waals surface area contributed by atoms with Crippen LogP contribution in [-0.4, -0.2) is 41.1 Å². The molecule has 1 aromatic rings. The lowest BCUT2D eigenvalue weighted by molar-refractivity contribution is -0.141. The van der Waals surface area contributed by atoms with E-state index in [1.165, 1.54) is 4.90 Å². The van der Waals surface area contributed by atoms with E-state index < -0.39 is 0 Å². The zero-order valence-electron chi connectivity index (χ0n) is 14.3. The number of fused-ring (bicyclic) bond motifs is 5. The van der Waals surface area contributed by atoms with Gasteiger partial charge in [-0.15, -0.1) is 0 Å². The van der Waals surface area contributed by atoms with E-state index in [2.05, 4.69) is 12.2 Å². The average Bonchev–Trinajstić information content (AvgIpc) is 3.28. The third-order valence-electron chi connectivity index (χ3n) is 5.80. The van der Waals surface area contributed by atoms with Crippen LogP contribution in [0.5, 0.6) is 0 Å². The first kappa shape index (κ1) is 16.1. The lowest BCUT2D eigenvalue weighted by atomic mass is 9.85. The molecule has 0 aromatic heterocycles. The Morgan fingerprint density at radius 2 is 1.68 bits per heavy atom. The summed E-state index contributed by atoms with van der Waals surface area (Å²) in [4.78, 5) is 40.6. The fourth-order valence-electron chi connectivity index (χ4n) is 4.53. The van der Waals surface area contributed by atoms with E-state index >= 15 is 0 Å². The third kappa shape index (κ3) is 2.68. The molecule has 4 rings (SSSR count). The number of likely N-dealkylation sites (tertiary alicyclic amines) is 1. The van der Waals surface area contributed by atoms with Crippen LogP contribution in [0.15, 0.2) is 42.5 Å². The lowest BCUT2D eigenvalue weighted by Gasteiger charge is -2.20. The topological polar surface area (TPSA) is 57.7 Å². The number of benzene rings is 1. The van der Waals surface area contributed by atoms with Crippen LogP contribution in [-0.2, 0) is 20.9 Å². The molecule has 3 aliphatic rings. The first-order chi connectivity index (χ1) is 12.1. The van der Waals surface area contributed by atoms with E-state index in [0.29, 0.717) is 6.54 Å². The van der Waals surface area contributed by atoms with Gasteiger partial charge in [-0.05, 0) is 23.8 Å². The molecule has 1 aliphatic heterocycles. The summed E-state index contributed by atoms with van der Waals surface area (Å²) >= 11 is 0. The van der Waals surface area contributed by atoms with Crippen LogP contribution < -0.4 is 0 Å². The second kappa shape index (κ2) is 6.14. The molecule has 0 unspecified atom stereocenters. The van der Waals surface area contributed by atoms with Crippen molar-refractivity contribution >= 4 is 17.7 Å². The largest absolute Gasteiger partial charge is 0.341 e. The number of imide groups is 1. The summed E-state index contributed by atoms with van der Waals surface area (Å²) in [5.74, 6) is -0.140. The highest BCUT2D eigenvalue weighted by molar-refractivity contribution is 6.06. The van der Waals surface area contributed by atoms with Crippen molar-refractivity contribution in [2.24, 2.45) is 23.7 Å². The van der Waals surface area contributed by atoms with Crippen molar-refractivity contribution in [3.05, 3.63) is 48.0 Å². The Morgan fingerprint density at radius 1 is 1.08 bits per heavy atom. The number of hydrogen-bond acceptors (Lipinski definition) is 3. The summed E-state index contributed by atoms with van der Waals surface area (Å²) in [6.45, 7) is 0.725. The van der Waals surface area contributed by atoms with E-state index in [0.717, 1.165) is 12.0 Å². The van der Waals surface area contributed by atoms with Gasteiger partial charge in [0.15, 0.2) is 0 Å². The van der Waals surface area contributed by atoms with Crippen LogP contribution in [0.2, 0.25) is 0 Å². The number of carbonyl (C=O) groups excluding carboxylic acids is 3.